The molecule has 1 aromatic heterocycles. The van der Waals surface area contributed by atoms with Crippen LogP contribution in [0.1, 0.15) is 0 Å². The van der Waals surface area contributed by atoms with Gasteiger partial charge in [-0.05, 0) is 12.1 Å². The van der Waals surface area contributed by atoms with Gasteiger partial charge < -0.3 is 9.47 Å². The number of thiazole rings is 1. The molecule has 0 spiro atoms. The minimum Gasteiger partial charge on any atom is -0.496 e. The molecule has 0 aliphatic rings. The van der Waals surface area contributed by atoms with Gasteiger partial charge >= 0.3 is 0 Å². The second-order valence-corrected chi connectivity index (χ2v) is 3.63. The lowest BCUT2D eigenvalue weighted by Gasteiger charge is -2.10. The molecule has 0 atom stereocenters. The van der Waals surface area contributed by atoms with Crippen LogP contribution < -0.4 is 9.47 Å². The van der Waals surface area contributed by atoms with Crippen molar-refractivity contribution in [3.63, 3.8) is 0 Å². The van der Waals surface area contributed by atoms with Crippen LogP contribution in [0.5, 0.6) is 11.5 Å². The molecular weight excluding hydrogens is 210 g/mol. The molecular formula is C11H11NO2S. The largest absolute Gasteiger partial charge is 0.496 e. The van der Waals surface area contributed by atoms with Crippen LogP contribution in [0.2, 0.25) is 0 Å². The molecule has 0 N–H and O–H groups in total. The molecule has 0 saturated heterocycles. The molecule has 3 nitrogen and oxygen atoms in total. The van der Waals surface area contributed by atoms with E-state index < -0.39 is 0 Å². The number of benzene rings is 1. The lowest BCUT2D eigenvalue weighted by molar-refractivity contribution is 0.397. The Hall–Kier alpha value is -1.55. The second kappa shape index (κ2) is 4.31. The number of nitrogens with zero attached hydrogens (tertiary/aromatic N) is 1. The predicted octanol–water partition coefficient (Wildman–Crippen LogP) is 2.83. The number of aromatic nitrogens is 1. The highest BCUT2D eigenvalue weighted by atomic mass is 32.1. The fourth-order valence-corrected chi connectivity index (χ4v) is 1.98. The second-order valence-electron chi connectivity index (χ2n) is 2.91. The van der Waals surface area contributed by atoms with Gasteiger partial charge in [-0.25, -0.2) is 4.98 Å². The molecule has 1 aromatic carbocycles. The summed E-state index contributed by atoms with van der Waals surface area (Å²) < 4.78 is 10.6. The molecule has 0 aliphatic heterocycles. The third-order valence-electron chi connectivity index (χ3n) is 2.12. The molecule has 1 heterocycles. The molecule has 0 fully saturated rings. The summed E-state index contributed by atoms with van der Waals surface area (Å²) in [4.78, 5) is 4.26. The van der Waals surface area contributed by atoms with Gasteiger partial charge in [-0.2, -0.15) is 0 Å². The zero-order valence-electron chi connectivity index (χ0n) is 8.56. The smallest absolute Gasteiger partial charge is 0.132 e. The Morgan fingerprint density at radius 3 is 2.27 bits per heavy atom. The minimum atomic E-state index is 0.778. The molecule has 2 aromatic rings. The Balaban J connectivity index is 2.61. The van der Waals surface area contributed by atoms with E-state index in [9.17, 15) is 0 Å². The molecule has 0 unspecified atom stereocenters. The molecule has 0 aliphatic carbocycles. The maximum Gasteiger partial charge on any atom is 0.132 e. The summed E-state index contributed by atoms with van der Waals surface area (Å²) in [5.41, 5.74) is 3.58. The minimum absolute atomic E-state index is 0.778. The Bertz CT molecular complexity index is 418. The fraction of sp³-hybridized carbons (Fsp3) is 0.182. The molecule has 0 radical (unpaired) electrons. The summed E-state index contributed by atoms with van der Waals surface area (Å²) in [5.74, 6) is 1.56. The van der Waals surface area contributed by atoms with E-state index in [4.69, 9.17) is 9.47 Å². The van der Waals surface area contributed by atoms with Gasteiger partial charge in [-0.3, -0.25) is 0 Å². The van der Waals surface area contributed by atoms with Crippen molar-refractivity contribution in [2.75, 3.05) is 14.2 Å². The van der Waals surface area contributed by atoms with Crippen molar-refractivity contribution in [2.45, 2.75) is 0 Å². The monoisotopic (exact) mass is 221 g/mol. The first-order valence-electron chi connectivity index (χ1n) is 4.46. The van der Waals surface area contributed by atoms with E-state index in [-0.39, 0.29) is 0 Å². The van der Waals surface area contributed by atoms with E-state index in [1.807, 2.05) is 23.6 Å². The first kappa shape index (κ1) is 9.98. The van der Waals surface area contributed by atoms with Crippen molar-refractivity contribution in [3.05, 3.63) is 29.1 Å². The van der Waals surface area contributed by atoms with Crippen LogP contribution >= 0.6 is 11.3 Å². The highest BCUT2D eigenvalue weighted by Gasteiger charge is 2.13. The van der Waals surface area contributed by atoms with Crippen molar-refractivity contribution < 1.29 is 9.47 Å². The van der Waals surface area contributed by atoms with E-state index in [1.54, 1.807) is 31.1 Å². The number of hydrogen-bond acceptors (Lipinski definition) is 4. The molecule has 0 saturated carbocycles. The summed E-state index contributed by atoms with van der Waals surface area (Å²) in [6, 6.07) is 5.70. The Labute approximate surface area is 92.3 Å². The fourth-order valence-electron chi connectivity index (χ4n) is 1.44. The number of ether oxygens (including phenoxy) is 2. The normalized spacial score (nSPS) is 10.0. The van der Waals surface area contributed by atoms with Crippen LogP contribution in [-0.4, -0.2) is 19.2 Å². The molecule has 78 valence electrons. The quantitative estimate of drug-likeness (QED) is 0.798. The first-order valence-corrected chi connectivity index (χ1v) is 5.40. The Morgan fingerprint density at radius 1 is 1.13 bits per heavy atom. The molecule has 15 heavy (non-hydrogen) atoms. The highest BCUT2D eigenvalue weighted by molar-refractivity contribution is 7.07. The Kier molecular flexibility index (Phi) is 2.87. The van der Waals surface area contributed by atoms with E-state index >= 15 is 0 Å². The zero-order valence-corrected chi connectivity index (χ0v) is 9.38. The number of hydrogen-bond donors (Lipinski definition) is 0. The predicted molar refractivity (Wildman–Crippen MR) is 60.7 cm³/mol. The number of rotatable bonds is 3. The standard InChI is InChI=1S/C11H11NO2S/c1-13-9-4-3-5-10(14-2)11(9)8-6-15-7-12-8/h3-7H,1-2H3. The van der Waals surface area contributed by atoms with Crippen LogP contribution in [0.3, 0.4) is 0 Å². The summed E-state index contributed by atoms with van der Waals surface area (Å²) in [6.07, 6.45) is 0. The molecule has 4 heteroatoms. The summed E-state index contributed by atoms with van der Waals surface area (Å²) in [7, 11) is 3.29. The van der Waals surface area contributed by atoms with Crippen molar-refractivity contribution >= 4 is 11.3 Å². The lowest BCUT2D eigenvalue weighted by Crippen LogP contribution is -1.92. The van der Waals surface area contributed by atoms with Crippen LogP contribution in [0.15, 0.2) is 29.1 Å². The molecule has 0 bridgehead atoms. The van der Waals surface area contributed by atoms with Gasteiger partial charge in [-0.15, -0.1) is 11.3 Å². The van der Waals surface area contributed by atoms with E-state index in [2.05, 4.69) is 4.98 Å². The van der Waals surface area contributed by atoms with Gasteiger partial charge in [0.2, 0.25) is 0 Å². The third kappa shape index (κ3) is 1.80. The average molecular weight is 221 g/mol. The van der Waals surface area contributed by atoms with Gasteiger partial charge in [0.25, 0.3) is 0 Å². The first-order chi connectivity index (χ1) is 7.36. The molecule has 0 amide bonds. The zero-order chi connectivity index (χ0) is 10.7. The van der Waals surface area contributed by atoms with E-state index in [0.29, 0.717) is 0 Å². The van der Waals surface area contributed by atoms with Crippen LogP contribution in [0, 0.1) is 0 Å². The van der Waals surface area contributed by atoms with Crippen molar-refractivity contribution in [3.8, 4) is 22.8 Å². The highest BCUT2D eigenvalue weighted by Crippen LogP contribution is 2.37. The van der Waals surface area contributed by atoms with E-state index in [0.717, 1.165) is 22.8 Å². The Morgan fingerprint density at radius 2 is 1.80 bits per heavy atom. The van der Waals surface area contributed by atoms with Crippen LogP contribution in [0.4, 0.5) is 0 Å². The van der Waals surface area contributed by atoms with E-state index in [1.165, 1.54) is 0 Å². The van der Waals surface area contributed by atoms with Gasteiger partial charge in [0, 0.05) is 5.38 Å². The van der Waals surface area contributed by atoms with Gasteiger partial charge in [-0.1, -0.05) is 6.07 Å². The number of methoxy groups -OCH3 is 2. The van der Waals surface area contributed by atoms with Gasteiger partial charge in [0.15, 0.2) is 0 Å². The SMILES string of the molecule is COc1cccc(OC)c1-c1cscn1. The van der Waals surface area contributed by atoms with Crippen molar-refractivity contribution in [1.82, 2.24) is 4.98 Å². The summed E-state index contributed by atoms with van der Waals surface area (Å²) >= 11 is 1.55. The maximum absolute atomic E-state index is 5.30. The molecule has 2 rings (SSSR count). The maximum atomic E-state index is 5.30. The van der Waals surface area contributed by atoms with Gasteiger partial charge in [0.1, 0.15) is 11.5 Å². The third-order valence-corrected chi connectivity index (χ3v) is 2.70. The van der Waals surface area contributed by atoms with Gasteiger partial charge in [0.05, 0.1) is 31.0 Å². The summed E-state index contributed by atoms with van der Waals surface area (Å²) in [5, 5.41) is 1.97. The van der Waals surface area contributed by atoms with Crippen LogP contribution in [-0.2, 0) is 0 Å². The van der Waals surface area contributed by atoms with Crippen molar-refractivity contribution in [1.29, 1.82) is 0 Å². The summed E-state index contributed by atoms with van der Waals surface area (Å²) in [6.45, 7) is 0. The van der Waals surface area contributed by atoms with Crippen LogP contribution in [0.25, 0.3) is 11.3 Å². The van der Waals surface area contributed by atoms with Crippen molar-refractivity contribution in [2.24, 2.45) is 0 Å². The average Bonchev–Trinajstić information content (AvgIpc) is 2.81. The lowest BCUT2D eigenvalue weighted by atomic mass is 10.1. The topological polar surface area (TPSA) is 31.4 Å².